The van der Waals surface area contributed by atoms with Crippen LogP contribution < -0.4 is 10.6 Å². The molecule has 6 heteroatoms. The number of urea groups is 1. The SMILES string of the molecule is O=C(NCCN1CCC(c2ccccc2)CC1)NC[C@@H](O)c1cccc(O)c1. The quantitative estimate of drug-likeness (QED) is 0.592. The van der Waals surface area contributed by atoms with Crippen LogP contribution in [0.4, 0.5) is 4.79 Å². The number of hydrogen-bond donors (Lipinski definition) is 4. The highest BCUT2D eigenvalue weighted by molar-refractivity contribution is 5.73. The zero-order chi connectivity index (χ0) is 19.8. The number of nitrogens with zero attached hydrogens (tertiary/aromatic N) is 1. The zero-order valence-corrected chi connectivity index (χ0v) is 16.1. The number of hydrogen-bond acceptors (Lipinski definition) is 4. The predicted octanol–water partition coefficient (Wildman–Crippen LogP) is 2.60. The Labute approximate surface area is 166 Å². The molecule has 1 atom stereocenters. The molecule has 1 heterocycles. The predicted molar refractivity (Wildman–Crippen MR) is 109 cm³/mol. The van der Waals surface area contributed by atoms with Crippen LogP contribution in [0, 0.1) is 0 Å². The van der Waals surface area contributed by atoms with Crippen LogP contribution in [0.2, 0.25) is 0 Å². The summed E-state index contributed by atoms with van der Waals surface area (Å²) < 4.78 is 0. The molecule has 28 heavy (non-hydrogen) atoms. The molecule has 0 aliphatic carbocycles. The number of carbonyl (C=O) groups excluding carboxylic acids is 1. The second-order valence-corrected chi connectivity index (χ2v) is 7.27. The Bertz CT molecular complexity index is 746. The number of piperidine rings is 1. The summed E-state index contributed by atoms with van der Waals surface area (Å²) in [6.07, 6.45) is 1.44. The fourth-order valence-electron chi connectivity index (χ4n) is 3.64. The molecule has 1 fully saturated rings. The van der Waals surface area contributed by atoms with Crippen molar-refractivity contribution in [3.05, 3.63) is 65.7 Å². The number of aliphatic hydroxyl groups is 1. The third-order valence-electron chi connectivity index (χ3n) is 5.28. The summed E-state index contributed by atoms with van der Waals surface area (Å²) in [7, 11) is 0. The lowest BCUT2D eigenvalue weighted by Gasteiger charge is -2.32. The van der Waals surface area contributed by atoms with E-state index in [4.69, 9.17) is 0 Å². The first-order valence-electron chi connectivity index (χ1n) is 9.88. The van der Waals surface area contributed by atoms with Gasteiger partial charge in [0.2, 0.25) is 0 Å². The summed E-state index contributed by atoms with van der Waals surface area (Å²) >= 11 is 0. The van der Waals surface area contributed by atoms with Crippen LogP contribution in [-0.2, 0) is 0 Å². The van der Waals surface area contributed by atoms with Crippen molar-refractivity contribution >= 4 is 6.03 Å². The van der Waals surface area contributed by atoms with Crippen molar-refractivity contribution < 1.29 is 15.0 Å². The molecule has 3 rings (SSSR count). The lowest BCUT2D eigenvalue weighted by molar-refractivity contribution is 0.172. The van der Waals surface area contributed by atoms with Crippen molar-refractivity contribution in [1.82, 2.24) is 15.5 Å². The Morgan fingerprint density at radius 2 is 1.82 bits per heavy atom. The Balaban J connectivity index is 1.30. The first kappa shape index (κ1) is 20.2. The minimum Gasteiger partial charge on any atom is -0.508 e. The highest BCUT2D eigenvalue weighted by Gasteiger charge is 2.20. The normalized spacial score (nSPS) is 16.5. The zero-order valence-electron chi connectivity index (χ0n) is 16.1. The number of rotatable bonds is 7. The van der Waals surface area contributed by atoms with E-state index in [2.05, 4.69) is 45.9 Å². The van der Waals surface area contributed by atoms with E-state index in [1.54, 1.807) is 18.2 Å². The molecule has 2 aromatic rings. The first-order valence-corrected chi connectivity index (χ1v) is 9.88. The fourth-order valence-corrected chi connectivity index (χ4v) is 3.64. The molecular weight excluding hydrogens is 354 g/mol. The summed E-state index contributed by atoms with van der Waals surface area (Å²) in [5.41, 5.74) is 1.99. The van der Waals surface area contributed by atoms with E-state index in [0.29, 0.717) is 18.0 Å². The van der Waals surface area contributed by atoms with Gasteiger partial charge < -0.3 is 25.7 Å². The van der Waals surface area contributed by atoms with Crippen LogP contribution in [0.1, 0.15) is 36.0 Å². The molecule has 0 spiro atoms. The smallest absolute Gasteiger partial charge is 0.314 e. The monoisotopic (exact) mass is 383 g/mol. The minimum absolute atomic E-state index is 0.0945. The van der Waals surface area contributed by atoms with Crippen LogP contribution in [0.3, 0.4) is 0 Å². The molecule has 2 amide bonds. The molecule has 1 saturated heterocycles. The maximum absolute atomic E-state index is 11.9. The molecule has 4 N–H and O–H groups in total. The van der Waals surface area contributed by atoms with Gasteiger partial charge in [0, 0.05) is 19.6 Å². The number of benzene rings is 2. The Kier molecular flexibility index (Phi) is 7.28. The van der Waals surface area contributed by atoms with Crippen LogP contribution >= 0.6 is 0 Å². The highest BCUT2D eigenvalue weighted by atomic mass is 16.3. The molecule has 2 aromatic carbocycles. The molecule has 0 radical (unpaired) electrons. The Morgan fingerprint density at radius 1 is 1.07 bits per heavy atom. The van der Waals surface area contributed by atoms with E-state index < -0.39 is 6.10 Å². The third-order valence-corrected chi connectivity index (χ3v) is 5.28. The van der Waals surface area contributed by atoms with Gasteiger partial charge in [-0.3, -0.25) is 0 Å². The second kappa shape index (κ2) is 10.1. The average molecular weight is 383 g/mol. The number of nitrogens with one attached hydrogen (secondary N) is 2. The van der Waals surface area contributed by atoms with Gasteiger partial charge in [0.25, 0.3) is 0 Å². The highest BCUT2D eigenvalue weighted by Crippen LogP contribution is 2.27. The number of aliphatic hydroxyl groups excluding tert-OH is 1. The lowest BCUT2D eigenvalue weighted by Crippen LogP contribution is -2.43. The van der Waals surface area contributed by atoms with E-state index in [0.717, 1.165) is 32.5 Å². The van der Waals surface area contributed by atoms with Crippen molar-refractivity contribution in [2.24, 2.45) is 0 Å². The van der Waals surface area contributed by atoms with Gasteiger partial charge in [0.15, 0.2) is 0 Å². The summed E-state index contributed by atoms with van der Waals surface area (Å²) in [5, 5.41) is 25.0. The van der Waals surface area contributed by atoms with Gasteiger partial charge in [-0.25, -0.2) is 4.79 Å². The van der Waals surface area contributed by atoms with Crippen molar-refractivity contribution in [3.8, 4) is 5.75 Å². The second-order valence-electron chi connectivity index (χ2n) is 7.27. The van der Waals surface area contributed by atoms with Crippen molar-refractivity contribution in [1.29, 1.82) is 0 Å². The van der Waals surface area contributed by atoms with Crippen LogP contribution in [0.5, 0.6) is 5.75 Å². The molecule has 150 valence electrons. The van der Waals surface area contributed by atoms with Crippen molar-refractivity contribution in [3.63, 3.8) is 0 Å². The molecule has 0 saturated carbocycles. The van der Waals surface area contributed by atoms with Gasteiger partial charge in [0.1, 0.15) is 5.75 Å². The van der Waals surface area contributed by atoms with Crippen molar-refractivity contribution in [2.75, 3.05) is 32.7 Å². The largest absolute Gasteiger partial charge is 0.508 e. The van der Waals surface area contributed by atoms with Gasteiger partial charge in [-0.05, 0) is 55.1 Å². The number of likely N-dealkylation sites (tertiary alicyclic amines) is 1. The summed E-state index contributed by atoms with van der Waals surface area (Å²) in [6, 6.07) is 16.8. The molecular formula is C22H29N3O3. The molecule has 0 aromatic heterocycles. The fraction of sp³-hybridized carbons (Fsp3) is 0.409. The standard InChI is InChI=1S/C22H29N3O3/c26-20-8-4-7-19(15-20)21(27)16-24-22(28)23-11-14-25-12-9-18(10-13-25)17-5-2-1-3-6-17/h1-8,15,18,21,26-27H,9-14,16H2,(H2,23,24,28)/t21-/m1/s1. The molecule has 6 nitrogen and oxygen atoms in total. The number of phenols is 1. The maximum atomic E-state index is 11.9. The van der Waals surface area contributed by atoms with Gasteiger partial charge in [-0.2, -0.15) is 0 Å². The maximum Gasteiger partial charge on any atom is 0.314 e. The Hall–Kier alpha value is -2.57. The van der Waals surface area contributed by atoms with Gasteiger partial charge in [0.05, 0.1) is 6.10 Å². The minimum atomic E-state index is -0.852. The number of amides is 2. The molecule has 0 bridgehead atoms. The third kappa shape index (κ3) is 5.97. The first-order chi connectivity index (χ1) is 13.6. The van der Waals surface area contributed by atoms with E-state index in [1.165, 1.54) is 11.6 Å². The van der Waals surface area contributed by atoms with Crippen LogP contribution in [0.25, 0.3) is 0 Å². The molecule has 1 aliphatic heterocycles. The van der Waals surface area contributed by atoms with Crippen molar-refractivity contribution in [2.45, 2.75) is 24.9 Å². The molecule has 0 unspecified atom stereocenters. The van der Waals surface area contributed by atoms with Crippen LogP contribution in [-0.4, -0.2) is 53.9 Å². The summed E-state index contributed by atoms with van der Waals surface area (Å²) in [6.45, 7) is 3.57. The number of carbonyl (C=O) groups is 1. The summed E-state index contributed by atoms with van der Waals surface area (Å²) in [5.74, 6) is 0.727. The van der Waals surface area contributed by atoms with Gasteiger partial charge in [-0.15, -0.1) is 0 Å². The van der Waals surface area contributed by atoms with E-state index in [1.807, 2.05) is 0 Å². The summed E-state index contributed by atoms with van der Waals surface area (Å²) in [4.78, 5) is 14.3. The average Bonchev–Trinajstić information content (AvgIpc) is 2.73. The van der Waals surface area contributed by atoms with E-state index >= 15 is 0 Å². The number of phenolic OH excluding ortho intramolecular Hbond substituents is 1. The van der Waals surface area contributed by atoms with Gasteiger partial charge in [-0.1, -0.05) is 42.5 Å². The lowest BCUT2D eigenvalue weighted by atomic mass is 9.89. The van der Waals surface area contributed by atoms with Crippen LogP contribution in [0.15, 0.2) is 54.6 Å². The molecule has 1 aliphatic rings. The Morgan fingerprint density at radius 3 is 2.54 bits per heavy atom. The van der Waals surface area contributed by atoms with Gasteiger partial charge >= 0.3 is 6.03 Å². The van der Waals surface area contributed by atoms with E-state index in [-0.39, 0.29) is 18.3 Å². The van der Waals surface area contributed by atoms with E-state index in [9.17, 15) is 15.0 Å². The number of aromatic hydroxyl groups is 1. The topological polar surface area (TPSA) is 84.8 Å².